The smallest absolute Gasteiger partial charge is 0.523 e. The minimum absolute atomic E-state index is 0. The molecular weight excluding hydrogens is 224 g/mol. The monoisotopic (exact) mass is 238 g/mol. The van der Waals surface area contributed by atoms with E-state index in [9.17, 15) is 0 Å². The van der Waals surface area contributed by atoms with Crippen LogP contribution in [-0.2, 0) is 0 Å². The Hall–Kier alpha value is -1.19. The zero-order valence-electron chi connectivity index (χ0n) is 10.1. The summed E-state index contributed by atoms with van der Waals surface area (Å²) in [6, 6.07) is 20.8. The molecule has 0 heterocycles. The Morgan fingerprint density at radius 3 is 1.35 bits per heavy atom. The molecule has 0 aliphatic carbocycles. The quantitative estimate of drug-likeness (QED) is 0.591. The van der Waals surface area contributed by atoms with E-state index in [1.165, 1.54) is 0 Å². The second-order valence-corrected chi connectivity index (χ2v) is 2.86. The molecule has 0 radical (unpaired) electrons. The molecule has 0 amide bonds. The molecule has 0 spiro atoms. The zero-order valence-corrected chi connectivity index (χ0v) is 11.6. The Labute approximate surface area is 119 Å². The topological polar surface area (TPSA) is 18.5 Å². The fourth-order valence-electron chi connectivity index (χ4n) is 1.01. The van der Waals surface area contributed by atoms with Crippen molar-refractivity contribution in [3.63, 3.8) is 0 Å². The maximum atomic E-state index is 4.86. The van der Waals surface area contributed by atoms with E-state index in [-0.39, 0.29) is 23.1 Å². The van der Waals surface area contributed by atoms with Crippen molar-refractivity contribution in [3.05, 3.63) is 60.7 Å². The first kappa shape index (κ1) is 15.8. The van der Waals surface area contributed by atoms with Crippen molar-refractivity contribution >= 4 is 23.1 Å². The first-order chi connectivity index (χ1) is 7.86. The Bertz CT molecular complexity index is 336. The number of benzene rings is 2. The van der Waals surface area contributed by atoms with Crippen LogP contribution < -0.4 is 9.47 Å². The maximum absolute atomic E-state index is 4.86. The van der Waals surface area contributed by atoms with Crippen LogP contribution in [0.3, 0.4) is 0 Å². The number of ether oxygens (including phenoxy) is 2. The molecule has 0 aliphatic heterocycles. The SMILES string of the molecule is COc1[c-]cccc1.COc1[c-]cccc1.[Mg+2]. The van der Waals surface area contributed by atoms with Gasteiger partial charge in [-0.3, -0.25) is 0 Å². The Morgan fingerprint density at radius 2 is 1.18 bits per heavy atom. The van der Waals surface area contributed by atoms with Gasteiger partial charge in [0.25, 0.3) is 0 Å². The second kappa shape index (κ2) is 9.99. The normalized spacial score (nSPS) is 8.12. The third-order valence-corrected chi connectivity index (χ3v) is 1.80. The van der Waals surface area contributed by atoms with Crippen molar-refractivity contribution < 1.29 is 9.47 Å². The van der Waals surface area contributed by atoms with Gasteiger partial charge < -0.3 is 9.47 Å². The molecule has 2 nitrogen and oxygen atoms in total. The molecule has 0 N–H and O–H groups in total. The molecule has 3 heteroatoms. The molecule has 0 bridgehead atoms. The summed E-state index contributed by atoms with van der Waals surface area (Å²) < 4.78 is 9.72. The summed E-state index contributed by atoms with van der Waals surface area (Å²) in [5, 5.41) is 0. The van der Waals surface area contributed by atoms with Crippen molar-refractivity contribution in [3.8, 4) is 11.5 Å². The summed E-state index contributed by atoms with van der Waals surface area (Å²) in [5.74, 6) is 1.57. The molecule has 2 aromatic rings. The van der Waals surface area contributed by atoms with E-state index in [4.69, 9.17) is 9.47 Å². The van der Waals surface area contributed by atoms with Crippen LogP contribution in [0, 0.1) is 12.1 Å². The van der Waals surface area contributed by atoms with Crippen LogP contribution in [0.4, 0.5) is 0 Å². The Kier molecular flexibility index (Phi) is 9.29. The van der Waals surface area contributed by atoms with Gasteiger partial charge in [-0.05, 0) is 0 Å². The molecule has 0 unspecified atom stereocenters. The molecule has 84 valence electrons. The van der Waals surface area contributed by atoms with Crippen LogP contribution >= 0.6 is 0 Å². The van der Waals surface area contributed by atoms with E-state index >= 15 is 0 Å². The van der Waals surface area contributed by atoms with Gasteiger partial charge in [0, 0.05) is 11.5 Å². The minimum Gasteiger partial charge on any atom is -0.523 e. The first-order valence-electron chi connectivity index (χ1n) is 4.88. The van der Waals surface area contributed by atoms with Crippen molar-refractivity contribution in [1.82, 2.24) is 0 Å². The number of hydrogen-bond donors (Lipinski definition) is 0. The fourth-order valence-corrected chi connectivity index (χ4v) is 1.01. The summed E-state index contributed by atoms with van der Waals surface area (Å²) in [4.78, 5) is 0. The van der Waals surface area contributed by atoms with Crippen molar-refractivity contribution in [1.29, 1.82) is 0 Å². The van der Waals surface area contributed by atoms with E-state index in [0.717, 1.165) is 11.5 Å². The molecule has 0 saturated heterocycles. The standard InChI is InChI=1S/2C7H7O.Mg/c2*1-8-7-5-3-2-4-6-7;/h2*2-5H,1H3;/q2*-1;+2. The predicted octanol–water partition coefficient (Wildman–Crippen LogP) is 2.61. The summed E-state index contributed by atoms with van der Waals surface area (Å²) in [6.07, 6.45) is 0. The Balaban J connectivity index is 0.000000284. The van der Waals surface area contributed by atoms with Gasteiger partial charge in [0.1, 0.15) is 0 Å². The summed E-state index contributed by atoms with van der Waals surface area (Å²) >= 11 is 0. The molecule has 0 aliphatic rings. The van der Waals surface area contributed by atoms with Gasteiger partial charge in [-0.25, -0.2) is 0 Å². The van der Waals surface area contributed by atoms with Crippen LogP contribution in [-0.4, -0.2) is 37.3 Å². The molecule has 0 atom stereocenters. The Morgan fingerprint density at radius 1 is 0.765 bits per heavy atom. The van der Waals surface area contributed by atoms with Crippen molar-refractivity contribution in [2.45, 2.75) is 0 Å². The van der Waals surface area contributed by atoms with Gasteiger partial charge in [-0.1, -0.05) is 0 Å². The van der Waals surface area contributed by atoms with Crippen LogP contribution in [0.2, 0.25) is 0 Å². The van der Waals surface area contributed by atoms with Crippen molar-refractivity contribution in [2.75, 3.05) is 14.2 Å². The average Bonchev–Trinajstić information content (AvgIpc) is 2.41. The fraction of sp³-hybridized carbons (Fsp3) is 0.143. The van der Waals surface area contributed by atoms with Gasteiger partial charge in [0.05, 0.1) is 14.2 Å². The molecule has 17 heavy (non-hydrogen) atoms. The van der Waals surface area contributed by atoms with Gasteiger partial charge in [0.2, 0.25) is 0 Å². The molecule has 2 aromatic carbocycles. The third kappa shape index (κ3) is 6.87. The van der Waals surface area contributed by atoms with Crippen LogP contribution in [0.5, 0.6) is 11.5 Å². The molecule has 2 rings (SSSR count). The van der Waals surface area contributed by atoms with Gasteiger partial charge in [0.15, 0.2) is 0 Å². The summed E-state index contributed by atoms with van der Waals surface area (Å²) in [6.45, 7) is 0. The number of methoxy groups -OCH3 is 2. The number of rotatable bonds is 2. The van der Waals surface area contributed by atoms with E-state index in [2.05, 4.69) is 12.1 Å². The second-order valence-electron chi connectivity index (χ2n) is 2.86. The minimum atomic E-state index is 0. The molecule has 0 saturated carbocycles. The zero-order chi connectivity index (χ0) is 11.6. The molecule has 0 aromatic heterocycles. The van der Waals surface area contributed by atoms with Crippen LogP contribution in [0.25, 0.3) is 0 Å². The molecule has 0 fully saturated rings. The maximum Gasteiger partial charge on any atom is 2.00 e. The summed E-state index contributed by atoms with van der Waals surface area (Å²) in [5.41, 5.74) is 0. The van der Waals surface area contributed by atoms with E-state index in [1.54, 1.807) is 14.2 Å². The van der Waals surface area contributed by atoms with E-state index in [1.807, 2.05) is 48.5 Å². The first-order valence-corrected chi connectivity index (χ1v) is 4.88. The van der Waals surface area contributed by atoms with Crippen LogP contribution in [0.15, 0.2) is 48.5 Å². The summed E-state index contributed by atoms with van der Waals surface area (Å²) in [7, 11) is 3.26. The van der Waals surface area contributed by atoms with E-state index in [0.29, 0.717) is 0 Å². The van der Waals surface area contributed by atoms with Gasteiger partial charge >= 0.3 is 23.1 Å². The third-order valence-electron chi connectivity index (χ3n) is 1.80. The number of hydrogen-bond acceptors (Lipinski definition) is 2. The number of para-hydroxylation sites is 2. The van der Waals surface area contributed by atoms with Crippen LogP contribution in [0.1, 0.15) is 0 Å². The predicted molar refractivity (Wildman–Crippen MR) is 69.4 cm³/mol. The van der Waals surface area contributed by atoms with Crippen molar-refractivity contribution in [2.24, 2.45) is 0 Å². The largest absolute Gasteiger partial charge is 2.00 e. The molecular formula is C14H14MgO2. The van der Waals surface area contributed by atoms with Gasteiger partial charge in [-0.15, -0.1) is 24.3 Å². The van der Waals surface area contributed by atoms with Gasteiger partial charge in [-0.2, -0.15) is 36.4 Å². The average molecular weight is 239 g/mol. The van der Waals surface area contributed by atoms with E-state index < -0.39 is 0 Å².